The number of ether oxygens (including phenoxy) is 3. The molecule has 0 saturated heterocycles. The molecule has 6 heteroatoms. The average Bonchev–Trinajstić information content (AvgIpc) is 2.45. The van der Waals surface area contributed by atoms with Crippen molar-refractivity contribution in [3.63, 3.8) is 0 Å². The fourth-order valence-corrected chi connectivity index (χ4v) is 1.71. The number of benzene rings is 1. The van der Waals surface area contributed by atoms with E-state index in [0.717, 1.165) is 5.56 Å². The fourth-order valence-electron chi connectivity index (χ4n) is 1.71. The number of alkyl carbamates (subject to hydrolysis) is 1. The smallest absolute Gasteiger partial charge is 0.408 e. The van der Waals surface area contributed by atoms with Crippen LogP contribution >= 0.6 is 0 Å². The molecular formula is C17H23NO5. The van der Waals surface area contributed by atoms with Crippen LogP contribution in [0.5, 0.6) is 11.5 Å². The summed E-state index contributed by atoms with van der Waals surface area (Å²) < 4.78 is 15.4. The van der Waals surface area contributed by atoms with Crippen molar-refractivity contribution >= 4 is 12.1 Å². The van der Waals surface area contributed by atoms with E-state index in [4.69, 9.17) is 14.2 Å². The minimum absolute atomic E-state index is 0.288. The molecular weight excluding hydrogens is 298 g/mol. The third kappa shape index (κ3) is 6.86. The monoisotopic (exact) mass is 321 g/mol. The molecule has 6 nitrogen and oxygen atoms in total. The Kier molecular flexibility index (Phi) is 6.63. The molecule has 0 aliphatic carbocycles. The van der Waals surface area contributed by atoms with Crippen molar-refractivity contribution < 1.29 is 23.8 Å². The number of methoxy groups -OCH3 is 1. The molecule has 126 valence electrons. The Bertz CT molecular complexity index is 575. The second-order valence-corrected chi connectivity index (χ2v) is 5.81. The second kappa shape index (κ2) is 8.22. The zero-order chi connectivity index (χ0) is 17.5. The number of rotatable bonds is 6. The molecule has 1 N–H and O–H groups in total. The van der Waals surface area contributed by atoms with Crippen LogP contribution in [0.15, 0.2) is 30.9 Å². The summed E-state index contributed by atoms with van der Waals surface area (Å²) in [6.45, 7) is 8.58. The summed E-state index contributed by atoms with van der Waals surface area (Å²) in [5.41, 5.74) is 0.363. The van der Waals surface area contributed by atoms with Gasteiger partial charge in [-0.3, -0.25) is 0 Å². The topological polar surface area (TPSA) is 73.9 Å². The highest BCUT2D eigenvalue weighted by atomic mass is 16.6. The molecule has 0 radical (unpaired) electrons. The quantitative estimate of drug-likeness (QED) is 0.495. The lowest BCUT2D eigenvalue weighted by Crippen LogP contribution is -2.36. The van der Waals surface area contributed by atoms with Crippen LogP contribution in [0.3, 0.4) is 0 Å². The molecule has 1 amide bonds. The molecule has 23 heavy (non-hydrogen) atoms. The van der Waals surface area contributed by atoms with E-state index in [1.165, 1.54) is 7.11 Å². The van der Waals surface area contributed by atoms with E-state index in [1.54, 1.807) is 39.0 Å². The second-order valence-electron chi connectivity index (χ2n) is 5.81. The van der Waals surface area contributed by atoms with Crippen LogP contribution in [0.2, 0.25) is 0 Å². The normalized spacial score (nSPS) is 10.6. The molecule has 0 spiro atoms. The summed E-state index contributed by atoms with van der Waals surface area (Å²) in [6, 6.07) is 5.22. The van der Waals surface area contributed by atoms with Gasteiger partial charge in [-0.05, 0) is 44.9 Å². The molecule has 0 aliphatic heterocycles. The zero-order valence-electron chi connectivity index (χ0n) is 14.0. The van der Waals surface area contributed by atoms with Crippen LogP contribution in [0.25, 0.3) is 0 Å². The molecule has 1 aromatic rings. The van der Waals surface area contributed by atoms with E-state index in [0.29, 0.717) is 12.2 Å². The van der Waals surface area contributed by atoms with Gasteiger partial charge in [0.1, 0.15) is 12.1 Å². The summed E-state index contributed by atoms with van der Waals surface area (Å²) in [4.78, 5) is 23.3. The van der Waals surface area contributed by atoms with Gasteiger partial charge in [0.15, 0.2) is 11.5 Å². The van der Waals surface area contributed by atoms with E-state index < -0.39 is 17.7 Å². The average molecular weight is 321 g/mol. The summed E-state index contributed by atoms with van der Waals surface area (Å²) in [5, 5.41) is 2.34. The Balaban J connectivity index is 2.60. The highest BCUT2D eigenvalue weighted by molar-refractivity contribution is 5.80. The number of carbonyl (C=O) groups is 2. The summed E-state index contributed by atoms with van der Waals surface area (Å²) in [6.07, 6.45) is 1.78. The molecule has 0 saturated carbocycles. The Labute approximate surface area is 136 Å². The predicted octanol–water partition coefficient (Wildman–Crippen LogP) is 2.85. The predicted molar refractivity (Wildman–Crippen MR) is 86.8 cm³/mol. The van der Waals surface area contributed by atoms with Gasteiger partial charge < -0.3 is 19.5 Å². The molecule has 0 fully saturated rings. The van der Waals surface area contributed by atoms with Gasteiger partial charge in [-0.15, -0.1) is 6.58 Å². The van der Waals surface area contributed by atoms with Crippen LogP contribution in [-0.4, -0.2) is 31.3 Å². The van der Waals surface area contributed by atoms with Crippen molar-refractivity contribution in [2.24, 2.45) is 0 Å². The first-order valence-electron chi connectivity index (χ1n) is 7.20. The van der Waals surface area contributed by atoms with Crippen molar-refractivity contribution in [1.29, 1.82) is 0 Å². The molecule has 0 aliphatic rings. The summed E-state index contributed by atoms with van der Waals surface area (Å²) in [5.74, 6) is 0.108. The van der Waals surface area contributed by atoms with Crippen molar-refractivity contribution in [3.8, 4) is 11.5 Å². The minimum Gasteiger partial charge on any atom is -0.493 e. The maximum Gasteiger partial charge on any atom is 0.408 e. The van der Waals surface area contributed by atoms with E-state index in [1.807, 2.05) is 6.07 Å². The van der Waals surface area contributed by atoms with Gasteiger partial charge in [0, 0.05) is 0 Å². The number of hydrogen-bond donors (Lipinski definition) is 1. The number of amides is 1. The highest BCUT2D eigenvalue weighted by Crippen LogP contribution is 2.28. The first-order chi connectivity index (χ1) is 10.7. The first-order valence-corrected chi connectivity index (χ1v) is 7.20. The van der Waals surface area contributed by atoms with Crippen LogP contribution < -0.4 is 14.8 Å². The maximum atomic E-state index is 11.8. The lowest BCUT2D eigenvalue weighted by Gasteiger charge is -2.19. The Morgan fingerprint density at radius 2 is 1.96 bits per heavy atom. The number of hydrogen-bond acceptors (Lipinski definition) is 5. The van der Waals surface area contributed by atoms with Crippen molar-refractivity contribution in [2.75, 3.05) is 13.7 Å². The maximum absolute atomic E-state index is 11.8. The lowest BCUT2D eigenvalue weighted by atomic mass is 10.1. The van der Waals surface area contributed by atoms with Crippen molar-refractivity contribution in [2.45, 2.75) is 32.8 Å². The lowest BCUT2D eigenvalue weighted by molar-refractivity contribution is -0.133. The van der Waals surface area contributed by atoms with Gasteiger partial charge >= 0.3 is 12.1 Å². The molecule has 1 rings (SSSR count). The highest BCUT2D eigenvalue weighted by Gasteiger charge is 2.17. The third-order valence-corrected chi connectivity index (χ3v) is 2.61. The summed E-state index contributed by atoms with van der Waals surface area (Å²) >= 11 is 0. The van der Waals surface area contributed by atoms with Gasteiger partial charge in [-0.25, -0.2) is 9.59 Å². The minimum atomic E-state index is -0.678. The molecule has 0 atom stereocenters. The van der Waals surface area contributed by atoms with Crippen molar-refractivity contribution in [3.05, 3.63) is 36.4 Å². The third-order valence-electron chi connectivity index (χ3n) is 2.61. The standard InChI is InChI=1S/C17H23NO5/c1-6-7-12-8-9-13(14(10-12)21-5)22-15(19)11-18-16(20)23-17(2,3)4/h6,8-10H,1,7,11H2,2-5H3,(H,18,20). The van der Waals surface area contributed by atoms with E-state index >= 15 is 0 Å². The molecule has 0 bridgehead atoms. The van der Waals surface area contributed by atoms with Crippen LogP contribution in [-0.2, 0) is 16.0 Å². The van der Waals surface area contributed by atoms with Crippen LogP contribution in [0.4, 0.5) is 4.79 Å². The molecule has 1 aromatic carbocycles. The Hall–Kier alpha value is -2.50. The number of allylic oxidation sites excluding steroid dienone is 1. The number of nitrogens with one attached hydrogen (secondary N) is 1. The molecule has 0 aromatic heterocycles. The molecule has 0 heterocycles. The fraction of sp³-hybridized carbons (Fsp3) is 0.412. The van der Waals surface area contributed by atoms with Gasteiger partial charge in [-0.1, -0.05) is 12.1 Å². The molecule has 0 unspecified atom stereocenters. The van der Waals surface area contributed by atoms with Gasteiger partial charge in [0.2, 0.25) is 0 Å². The van der Waals surface area contributed by atoms with Crippen LogP contribution in [0.1, 0.15) is 26.3 Å². The Morgan fingerprint density at radius 1 is 1.26 bits per heavy atom. The SMILES string of the molecule is C=CCc1ccc(OC(=O)CNC(=O)OC(C)(C)C)c(OC)c1. The Morgan fingerprint density at radius 3 is 2.52 bits per heavy atom. The van der Waals surface area contributed by atoms with E-state index in [9.17, 15) is 9.59 Å². The summed E-state index contributed by atoms with van der Waals surface area (Å²) in [7, 11) is 1.49. The van der Waals surface area contributed by atoms with Crippen LogP contribution in [0, 0.1) is 0 Å². The van der Waals surface area contributed by atoms with E-state index in [2.05, 4.69) is 11.9 Å². The number of esters is 1. The van der Waals surface area contributed by atoms with Gasteiger partial charge in [-0.2, -0.15) is 0 Å². The van der Waals surface area contributed by atoms with Gasteiger partial charge in [0.05, 0.1) is 7.11 Å². The van der Waals surface area contributed by atoms with Crippen molar-refractivity contribution in [1.82, 2.24) is 5.32 Å². The largest absolute Gasteiger partial charge is 0.493 e. The van der Waals surface area contributed by atoms with Gasteiger partial charge in [0.25, 0.3) is 0 Å². The first kappa shape index (κ1) is 18.5. The zero-order valence-corrected chi connectivity index (χ0v) is 14.0. The van der Waals surface area contributed by atoms with E-state index in [-0.39, 0.29) is 12.3 Å². The number of carbonyl (C=O) groups excluding carboxylic acids is 2.